The summed E-state index contributed by atoms with van der Waals surface area (Å²) in [4.78, 5) is 17.3. The molecule has 1 aromatic heterocycles. The van der Waals surface area contributed by atoms with Gasteiger partial charge in [-0.1, -0.05) is 60.7 Å². The lowest BCUT2D eigenvalue weighted by molar-refractivity contribution is 0.0912. The van der Waals surface area contributed by atoms with E-state index in [4.69, 9.17) is 4.74 Å². The van der Waals surface area contributed by atoms with Gasteiger partial charge in [0.05, 0.1) is 22.5 Å². The summed E-state index contributed by atoms with van der Waals surface area (Å²) in [5, 5.41) is 14.0. The Morgan fingerprint density at radius 2 is 1.67 bits per heavy atom. The highest BCUT2D eigenvalue weighted by Crippen LogP contribution is 2.15. The number of hydrogen-bond acceptors (Lipinski definition) is 7. The number of carbonyl (C=O) groups excluding carboxylic acids is 1. The van der Waals surface area contributed by atoms with Crippen molar-refractivity contribution < 1.29 is 23.1 Å². The highest BCUT2D eigenvalue weighted by Gasteiger charge is 2.28. The fourth-order valence-corrected chi connectivity index (χ4v) is 4.96. The first-order chi connectivity index (χ1) is 17.2. The molecule has 3 atom stereocenters. The van der Waals surface area contributed by atoms with E-state index < -0.39 is 34.5 Å². The quantitative estimate of drug-likeness (QED) is 0.311. The Morgan fingerprint density at radius 3 is 2.22 bits per heavy atom. The molecule has 0 aliphatic carbocycles. The summed E-state index contributed by atoms with van der Waals surface area (Å²) >= 11 is 1.37. The molecule has 0 radical (unpaired) electrons. The number of ether oxygens (including phenoxy) is 1. The Hall–Kier alpha value is -2.83. The standard InChI is InChI=1S/C25H32N4O5S2/c1-29(2)36(32,33)28-21(13-19-9-5-3-6-10-19)15-24(30)23(14-20-11-7-4-8-12-20)27-25(31)34-17-22-16-26-18-35-22/h3-12,16,18,21,23-24,28,30H,13-15,17H2,1-2H3,(H,27,31)/t21-,23-,24-/m0/s1. The molecule has 0 unspecified atom stereocenters. The molecule has 3 rings (SSSR count). The van der Waals surface area contributed by atoms with Gasteiger partial charge in [0.1, 0.15) is 6.61 Å². The lowest BCUT2D eigenvalue weighted by Gasteiger charge is -2.28. The topological polar surface area (TPSA) is 121 Å². The number of alkyl carbamates (subject to hydrolysis) is 1. The zero-order valence-corrected chi connectivity index (χ0v) is 21.9. The van der Waals surface area contributed by atoms with Crippen LogP contribution >= 0.6 is 11.3 Å². The second-order valence-electron chi connectivity index (χ2n) is 8.58. The van der Waals surface area contributed by atoms with E-state index in [0.29, 0.717) is 12.8 Å². The van der Waals surface area contributed by atoms with Crippen LogP contribution in [0, 0.1) is 0 Å². The highest BCUT2D eigenvalue weighted by molar-refractivity contribution is 7.87. The first kappa shape index (κ1) is 27.8. The van der Waals surface area contributed by atoms with E-state index in [9.17, 15) is 18.3 Å². The van der Waals surface area contributed by atoms with Crippen molar-refractivity contribution in [3.63, 3.8) is 0 Å². The smallest absolute Gasteiger partial charge is 0.407 e. The monoisotopic (exact) mass is 532 g/mol. The highest BCUT2D eigenvalue weighted by atomic mass is 32.2. The van der Waals surface area contributed by atoms with Crippen molar-refractivity contribution in [3.8, 4) is 0 Å². The normalized spacial score (nSPS) is 14.2. The zero-order chi connectivity index (χ0) is 26.0. The van der Waals surface area contributed by atoms with Crippen LogP contribution in [0.25, 0.3) is 0 Å². The third kappa shape index (κ3) is 8.99. The number of amides is 1. The van der Waals surface area contributed by atoms with Crippen molar-refractivity contribution in [2.45, 2.75) is 44.1 Å². The Bertz CT molecular complexity index is 1160. The summed E-state index contributed by atoms with van der Waals surface area (Å²) in [6.45, 7) is 0.0733. The lowest BCUT2D eigenvalue weighted by Crippen LogP contribution is -2.50. The molecule has 3 N–H and O–H groups in total. The number of hydrogen-bond donors (Lipinski definition) is 3. The summed E-state index contributed by atoms with van der Waals surface area (Å²) in [5.74, 6) is 0. The molecular formula is C25H32N4O5S2. The number of nitrogens with one attached hydrogen (secondary N) is 2. The molecule has 1 amide bonds. The van der Waals surface area contributed by atoms with Gasteiger partial charge >= 0.3 is 6.09 Å². The molecule has 0 aliphatic rings. The van der Waals surface area contributed by atoms with Crippen molar-refractivity contribution in [1.29, 1.82) is 0 Å². The number of carbonyl (C=O) groups is 1. The van der Waals surface area contributed by atoms with Crippen LogP contribution in [-0.4, -0.2) is 61.2 Å². The van der Waals surface area contributed by atoms with E-state index in [1.54, 1.807) is 11.7 Å². The van der Waals surface area contributed by atoms with Gasteiger partial charge in [-0.2, -0.15) is 17.4 Å². The van der Waals surface area contributed by atoms with Crippen LogP contribution in [0.2, 0.25) is 0 Å². The summed E-state index contributed by atoms with van der Waals surface area (Å²) in [6.07, 6.45) is 0.694. The van der Waals surface area contributed by atoms with Crippen molar-refractivity contribution >= 4 is 27.6 Å². The van der Waals surface area contributed by atoms with Gasteiger partial charge in [-0.3, -0.25) is 4.98 Å². The number of aliphatic hydroxyl groups excluding tert-OH is 1. The fraction of sp³-hybridized carbons (Fsp3) is 0.360. The molecule has 0 bridgehead atoms. The largest absolute Gasteiger partial charge is 0.444 e. The van der Waals surface area contributed by atoms with Crippen LogP contribution < -0.4 is 10.0 Å². The molecule has 0 saturated heterocycles. The van der Waals surface area contributed by atoms with Crippen LogP contribution in [0.4, 0.5) is 4.79 Å². The Balaban J connectivity index is 1.75. The van der Waals surface area contributed by atoms with E-state index in [1.165, 1.54) is 25.4 Å². The number of aromatic nitrogens is 1. The predicted molar refractivity (Wildman–Crippen MR) is 140 cm³/mol. The van der Waals surface area contributed by atoms with Gasteiger partial charge in [-0.05, 0) is 30.4 Å². The minimum Gasteiger partial charge on any atom is -0.444 e. The van der Waals surface area contributed by atoms with Crippen LogP contribution in [0.15, 0.2) is 72.4 Å². The zero-order valence-electron chi connectivity index (χ0n) is 20.3. The number of rotatable bonds is 13. The average Bonchev–Trinajstić information content (AvgIpc) is 3.37. The minimum atomic E-state index is -3.75. The third-order valence-electron chi connectivity index (χ3n) is 5.54. The second-order valence-corrected chi connectivity index (χ2v) is 11.5. The molecule has 3 aromatic rings. The second kappa shape index (κ2) is 13.5. The van der Waals surface area contributed by atoms with E-state index in [1.807, 2.05) is 60.7 Å². The maximum absolute atomic E-state index is 12.6. The summed E-state index contributed by atoms with van der Waals surface area (Å²) in [7, 11) is -0.866. The van der Waals surface area contributed by atoms with Gasteiger partial charge in [0, 0.05) is 26.3 Å². The van der Waals surface area contributed by atoms with E-state index in [-0.39, 0.29) is 13.0 Å². The number of nitrogens with zero attached hydrogens (tertiary/aromatic N) is 2. The van der Waals surface area contributed by atoms with E-state index >= 15 is 0 Å². The van der Waals surface area contributed by atoms with Gasteiger partial charge in [-0.25, -0.2) is 4.79 Å². The summed E-state index contributed by atoms with van der Waals surface area (Å²) < 4.78 is 34.3. The average molecular weight is 533 g/mol. The summed E-state index contributed by atoms with van der Waals surface area (Å²) in [6, 6.07) is 17.6. The summed E-state index contributed by atoms with van der Waals surface area (Å²) in [5.41, 5.74) is 3.49. The molecule has 0 saturated carbocycles. The molecule has 194 valence electrons. The first-order valence-corrected chi connectivity index (χ1v) is 13.8. The number of benzene rings is 2. The fourth-order valence-electron chi connectivity index (χ4n) is 3.64. The molecule has 2 aromatic carbocycles. The van der Waals surface area contributed by atoms with Gasteiger partial charge in [-0.15, -0.1) is 11.3 Å². The molecular weight excluding hydrogens is 500 g/mol. The number of aliphatic hydroxyl groups is 1. The Kier molecular flexibility index (Phi) is 10.4. The van der Waals surface area contributed by atoms with Crippen molar-refractivity contribution in [2.75, 3.05) is 14.1 Å². The Morgan fingerprint density at radius 1 is 1.06 bits per heavy atom. The minimum absolute atomic E-state index is 0.0733. The molecule has 11 heteroatoms. The molecule has 9 nitrogen and oxygen atoms in total. The van der Waals surface area contributed by atoms with Crippen LogP contribution in [0.1, 0.15) is 22.4 Å². The van der Waals surface area contributed by atoms with E-state index in [2.05, 4.69) is 15.0 Å². The molecule has 36 heavy (non-hydrogen) atoms. The van der Waals surface area contributed by atoms with Crippen molar-refractivity contribution in [3.05, 3.63) is 88.4 Å². The van der Waals surface area contributed by atoms with Gasteiger partial charge in [0.25, 0.3) is 10.2 Å². The van der Waals surface area contributed by atoms with E-state index in [0.717, 1.165) is 20.3 Å². The molecule has 1 heterocycles. The van der Waals surface area contributed by atoms with Crippen LogP contribution in [0.5, 0.6) is 0 Å². The molecule has 0 aliphatic heterocycles. The Labute approximate surface area is 216 Å². The molecule has 0 fully saturated rings. The van der Waals surface area contributed by atoms with Crippen LogP contribution in [0.3, 0.4) is 0 Å². The predicted octanol–water partition coefficient (Wildman–Crippen LogP) is 2.74. The van der Waals surface area contributed by atoms with Gasteiger partial charge < -0.3 is 15.2 Å². The molecule has 0 spiro atoms. The lowest BCUT2D eigenvalue weighted by atomic mass is 9.94. The van der Waals surface area contributed by atoms with Gasteiger partial charge in [0.2, 0.25) is 0 Å². The first-order valence-electron chi connectivity index (χ1n) is 11.5. The van der Waals surface area contributed by atoms with Crippen molar-refractivity contribution in [1.82, 2.24) is 19.3 Å². The third-order valence-corrected chi connectivity index (χ3v) is 7.89. The SMILES string of the molecule is CN(C)S(=O)(=O)N[C@@H](Cc1ccccc1)C[C@H](O)[C@H](Cc1ccccc1)NC(=O)OCc1cncs1. The number of thiazole rings is 1. The maximum Gasteiger partial charge on any atom is 0.407 e. The maximum atomic E-state index is 12.6. The van der Waals surface area contributed by atoms with Crippen molar-refractivity contribution in [2.24, 2.45) is 0 Å². The van der Waals surface area contributed by atoms with Crippen LogP contribution in [-0.2, 0) is 34.4 Å². The van der Waals surface area contributed by atoms with Gasteiger partial charge in [0.15, 0.2) is 0 Å².